The van der Waals surface area contributed by atoms with E-state index >= 15 is 0 Å². The Morgan fingerprint density at radius 3 is 2.54 bits per heavy atom. The molecule has 9 heteroatoms. The van der Waals surface area contributed by atoms with Crippen molar-refractivity contribution in [3.63, 3.8) is 0 Å². The van der Waals surface area contributed by atoms with Crippen molar-refractivity contribution >= 4 is 39.0 Å². The molecular formula is C17H19ClFN3O3S. The summed E-state index contributed by atoms with van der Waals surface area (Å²) in [5.74, 6) is -1.15. The van der Waals surface area contributed by atoms with E-state index in [1.54, 1.807) is 20.8 Å². The highest BCUT2D eigenvalue weighted by molar-refractivity contribution is 7.92. The summed E-state index contributed by atoms with van der Waals surface area (Å²) in [5, 5.41) is 2.44. The van der Waals surface area contributed by atoms with Gasteiger partial charge in [0.15, 0.2) is 0 Å². The molecule has 1 heterocycles. The fourth-order valence-corrected chi connectivity index (χ4v) is 3.99. The summed E-state index contributed by atoms with van der Waals surface area (Å²) in [6.45, 7) is 5.41. The van der Waals surface area contributed by atoms with Gasteiger partial charge in [0.25, 0.3) is 5.91 Å². The SMILES string of the molecule is CC(C)(C)CS(=O)(=O)Nc1cc(C(=O)Nc2ccc(F)c(Cl)c2)ccn1. The number of anilines is 2. The zero-order chi connectivity index (χ0) is 19.5. The number of nitrogens with zero attached hydrogens (tertiary/aromatic N) is 1. The molecule has 2 aromatic rings. The lowest BCUT2D eigenvalue weighted by molar-refractivity contribution is 0.102. The highest BCUT2D eigenvalue weighted by atomic mass is 35.5. The Bertz CT molecular complexity index is 927. The van der Waals surface area contributed by atoms with E-state index in [0.717, 1.165) is 6.07 Å². The van der Waals surface area contributed by atoms with E-state index in [-0.39, 0.29) is 22.2 Å². The molecule has 6 nitrogen and oxygen atoms in total. The molecule has 0 saturated heterocycles. The summed E-state index contributed by atoms with van der Waals surface area (Å²) in [5.41, 5.74) is 0.0739. The number of nitrogens with one attached hydrogen (secondary N) is 2. The topological polar surface area (TPSA) is 88.2 Å². The number of rotatable bonds is 5. The molecule has 0 atom stereocenters. The molecule has 0 aliphatic rings. The van der Waals surface area contributed by atoms with Gasteiger partial charge in [-0.2, -0.15) is 0 Å². The fraction of sp³-hybridized carbons (Fsp3) is 0.294. The number of sulfonamides is 1. The lowest BCUT2D eigenvalue weighted by Gasteiger charge is -2.18. The number of amides is 1. The molecule has 0 bridgehead atoms. The first-order chi connectivity index (χ1) is 12.0. The number of benzene rings is 1. The van der Waals surface area contributed by atoms with E-state index in [9.17, 15) is 17.6 Å². The number of aromatic nitrogens is 1. The van der Waals surface area contributed by atoms with Gasteiger partial charge >= 0.3 is 0 Å². The van der Waals surface area contributed by atoms with Gasteiger partial charge in [-0.05, 0) is 35.7 Å². The first kappa shape index (κ1) is 20.1. The lowest BCUT2D eigenvalue weighted by atomic mass is 10.0. The molecule has 0 aliphatic heterocycles. The van der Waals surface area contributed by atoms with Crippen LogP contribution < -0.4 is 10.0 Å². The van der Waals surface area contributed by atoms with Gasteiger partial charge < -0.3 is 5.32 Å². The molecule has 0 saturated carbocycles. The predicted octanol–water partition coefficient (Wildman–Crippen LogP) is 3.91. The molecule has 0 aliphatic carbocycles. The van der Waals surface area contributed by atoms with Crippen LogP contribution in [0, 0.1) is 11.2 Å². The molecule has 0 spiro atoms. The molecule has 2 rings (SSSR count). The van der Waals surface area contributed by atoms with Gasteiger partial charge in [0.1, 0.15) is 11.6 Å². The van der Waals surface area contributed by atoms with Crippen LogP contribution in [0.25, 0.3) is 0 Å². The van der Waals surface area contributed by atoms with E-state index in [0.29, 0.717) is 5.69 Å². The average Bonchev–Trinajstić information content (AvgIpc) is 2.48. The Labute approximate surface area is 156 Å². The smallest absolute Gasteiger partial charge is 0.255 e. The average molecular weight is 400 g/mol. The van der Waals surface area contributed by atoms with Crippen molar-refractivity contribution in [2.45, 2.75) is 20.8 Å². The van der Waals surface area contributed by atoms with Gasteiger partial charge in [-0.15, -0.1) is 0 Å². The van der Waals surface area contributed by atoms with E-state index in [2.05, 4.69) is 15.0 Å². The second-order valence-electron chi connectivity index (χ2n) is 6.93. The molecule has 0 radical (unpaired) electrons. The van der Waals surface area contributed by atoms with E-state index in [1.807, 2.05) is 0 Å². The normalized spacial score (nSPS) is 11.9. The van der Waals surface area contributed by atoms with Crippen LogP contribution in [0.2, 0.25) is 5.02 Å². The summed E-state index contributed by atoms with van der Waals surface area (Å²) in [4.78, 5) is 16.2. The van der Waals surface area contributed by atoms with Crippen LogP contribution >= 0.6 is 11.6 Å². The molecule has 1 aromatic heterocycles. The Hall–Kier alpha value is -2.19. The zero-order valence-corrected chi connectivity index (χ0v) is 16.1. The van der Waals surface area contributed by atoms with Crippen LogP contribution in [0.5, 0.6) is 0 Å². The summed E-state index contributed by atoms with van der Waals surface area (Å²) < 4.78 is 39.8. The van der Waals surface area contributed by atoms with Gasteiger partial charge in [0, 0.05) is 17.4 Å². The second-order valence-corrected chi connectivity index (χ2v) is 9.06. The van der Waals surface area contributed by atoms with Crippen molar-refractivity contribution < 1.29 is 17.6 Å². The minimum atomic E-state index is -3.61. The summed E-state index contributed by atoms with van der Waals surface area (Å²) in [7, 11) is -3.61. The molecule has 2 N–H and O–H groups in total. The van der Waals surface area contributed by atoms with Crippen molar-refractivity contribution in [2.75, 3.05) is 15.8 Å². The van der Waals surface area contributed by atoms with Crippen molar-refractivity contribution in [1.29, 1.82) is 0 Å². The minimum absolute atomic E-state index is 0.0408. The van der Waals surface area contributed by atoms with Crippen LogP contribution in [0.3, 0.4) is 0 Å². The Balaban J connectivity index is 2.15. The second kappa shape index (κ2) is 7.59. The van der Waals surface area contributed by atoms with Gasteiger partial charge in [0.05, 0.1) is 10.8 Å². The number of carbonyl (C=O) groups is 1. The quantitative estimate of drug-likeness (QED) is 0.797. The van der Waals surface area contributed by atoms with Crippen LogP contribution in [-0.4, -0.2) is 25.1 Å². The molecule has 1 aromatic carbocycles. The van der Waals surface area contributed by atoms with Gasteiger partial charge in [0.2, 0.25) is 10.0 Å². The van der Waals surface area contributed by atoms with Gasteiger partial charge in [-0.25, -0.2) is 17.8 Å². The zero-order valence-electron chi connectivity index (χ0n) is 14.5. The first-order valence-electron chi connectivity index (χ1n) is 7.68. The monoisotopic (exact) mass is 399 g/mol. The maximum absolute atomic E-state index is 13.2. The Kier molecular flexibility index (Phi) is 5.87. The third kappa shape index (κ3) is 5.96. The summed E-state index contributed by atoms with van der Waals surface area (Å²) in [6.07, 6.45) is 1.32. The lowest BCUT2D eigenvalue weighted by Crippen LogP contribution is -2.26. The van der Waals surface area contributed by atoms with Crippen LogP contribution in [-0.2, 0) is 10.0 Å². The standard InChI is InChI=1S/C17H19ClFN3O3S/c1-17(2,3)10-26(24,25)22-15-8-11(6-7-20-15)16(23)21-12-4-5-14(19)13(18)9-12/h4-9H,10H2,1-3H3,(H,20,22)(H,21,23). The van der Waals surface area contributed by atoms with Crippen molar-refractivity contribution in [1.82, 2.24) is 4.98 Å². The number of pyridine rings is 1. The maximum atomic E-state index is 13.2. The molecule has 26 heavy (non-hydrogen) atoms. The number of halogens is 2. The highest BCUT2D eigenvalue weighted by Gasteiger charge is 2.22. The van der Waals surface area contributed by atoms with Crippen molar-refractivity contribution in [2.24, 2.45) is 5.41 Å². The number of hydrogen-bond donors (Lipinski definition) is 2. The minimum Gasteiger partial charge on any atom is -0.322 e. The largest absolute Gasteiger partial charge is 0.322 e. The molecule has 1 amide bonds. The maximum Gasteiger partial charge on any atom is 0.255 e. The van der Waals surface area contributed by atoms with Crippen LogP contribution in [0.4, 0.5) is 15.9 Å². The van der Waals surface area contributed by atoms with Crippen LogP contribution in [0.15, 0.2) is 36.5 Å². The molecule has 140 valence electrons. The summed E-state index contributed by atoms with van der Waals surface area (Å²) >= 11 is 5.68. The molecule has 0 unspecified atom stereocenters. The van der Waals surface area contributed by atoms with Crippen LogP contribution in [0.1, 0.15) is 31.1 Å². The number of carbonyl (C=O) groups excluding carboxylic acids is 1. The van der Waals surface area contributed by atoms with Crippen molar-refractivity contribution in [3.8, 4) is 0 Å². The van der Waals surface area contributed by atoms with E-state index in [1.165, 1.54) is 30.5 Å². The fourth-order valence-electron chi connectivity index (χ4n) is 2.17. The Morgan fingerprint density at radius 1 is 1.23 bits per heavy atom. The van der Waals surface area contributed by atoms with Crippen molar-refractivity contribution in [3.05, 3.63) is 52.9 Å². The Morgan fingerprint density at radius 2 is 1.92 bits per heavy atom. The molecular weight excluding hydrogens is 381 g/mol. The summed E-state index contributed by atoms with van der Waals surface area (Å²) in [6, 6.07) is 6.54. The molecule has 0 fully saturated rings. The third-order valence-electron chi connectivity index (χ3n) is 3.08. The predicted molar refractivity (Wildman–Crippen MR) is 100 cm³/mol. The van der Waals surface area contributed by atoms with Gasteiger partial charge in [-0.1, -0.05) is 32.4 Å². The first-order valence-corrected chi connectivity index (χ1v) is 9.71. The third-order valence-corrected chi connectivity index (χ3v) is 5.14. The van der Waals surface area contributed by atoms with Gasteiger partial charge in [-0.3, -0.25) is 9.52 Å². The highest BCUT2D eigenvalue weighted by Crippen LogP contribution is 2.21. The van der Waals surface area contributed by atoms with E-state index in [4.69, 9.17) is 11.6 Å². The number of hydrogen-bond acceptors (Lipinski definition) is 4. The van der Waals surface area contributed by atoms with E-state index < -0.39 is 27.2 Å².